The Morgan fingerprint density at radius 2 is 1.53 bits per heavy atom. The fraction of sp³-hybridized carbons (Fsp3) is 0.0500. The SMILES string of the molecule is O=C(Nc1ccc(NC(=O)c2ccnc(Cl)c2)c(C(F)(F)F)c1)c1ccc(F)cc1. The Hall–Kier alpha value is -3.46. The van der Waals surface area contributed by atoms with Crippen LogP contribution in [0.4, 0.5) is 28.9 Å². The number of benzene rings is 2. The minimum absolute atomic E-state index is 0.0116. The van der Waals surface area contributed by atoms with Crippen LogP contribution in [0.5, 0.6) is 0 Å². The van der Waals surface area contributed by atoms with Crippen LogP contribution < -0.4 is 10.6 Å². The third kappa shape index (κ3) is 5.12. The van der Waals surface area contributed by atoms with Gasteiger partial charge in [0.1, 0.15) is 11.0 Å². The number of carbonyl (C=O) groups excluding carboxylic acids is 2. The van der Waals surface area contributed by atoms with Crippen molar-refractivity contribution < 1.29 is 27.2 Å². The summed E-state index contributed by atoms with van der Waals surface area (Å²) < 4.78 is 53.5. The molecule has 2 N–H and O–H groups in total. The number of nitrogens with one attached hydrogen (secondary N) is 2. The van der Waals surface area contributed by atoms with E-state index >= 15 is 0 Å². The number of aromatic nitrogens is 1. The molecule has 0 aliphatic carbocycles. The molecule has 0 aliphatic rings. The summed E-state index contributed by atoms with van der Waals surface area (Å²) in [6.45, 7) is 0. The van der Waals surface area contributed by atoms with Crippen molar-refractivity contribution in [1.82, 2.24) is 4.98 Å². The van der Waals surface area contributed by atoms with Crippen molar-refractivity contribution in [2.24, 2.45) is 0 Å². The lowest BCUT2D eigenvalue weighted by Crippen LogP contribution is -2.18. The van der Waals surface area contributed by atoms with E-state index in [1.54, 1.807) is 0 Å². The zero-order chi connectivity index (χ0) is 21.9. The van der Waals surface area contributed by atoms with Gasteiger partial charge in [0.05, 0.1) is 11.3 Å². The number of pyridine rings is 1. The van der Waals surface area contributed by atoms with Crippen LogP contribution in [0.2, 0.25) is 5.15 Å². The van der Waals surface area contributed by atoms with Crippen LogP contribution in [0.1, 0.15) is 26.3 Å². The number of carbonyl (C=O) groups is 2. The van der Waals surface area contributed by atoms with Gasteiger partial charge in [-0.3, -0.25) is 9.59 Å². The number of hydrogen-bond acceptors (Lipinski definition) is 3. The lowest BCUT2D eigenvalue weighted by molar-refractivity contribution is -0.136. The molecule has 1 aromatic heterocycles. The van der Waals surface area contributed by atoms with E-state index in [1.807, 2.05) is 0 Å². The smallest absolute Gasteiger partial charge is 0.322 e. The van der Waals surface area contributed by atoms with Crippen LogP contribution in [0.25, 0.3) is 0 Å². The summed E-state index contributed by atoms with van der Waals surface area (Å²) in [5.41, 5.74) is -1.72. The van der Waals surface area contributed by atoms with Gasteiger partial charge in [-0.15, -0.1) is 0 Å². The highest BCUT2D eigenvalue weighted by atomic mass is 35.5. The summed E-state index contributed by atoms with van der Waals surface area (Å²) in [6, 6.07) is 9.92. The van der Waals surface area contributed by atoms with Gasteiger partial charge < -0.3 is 10.6 Å². The largest absolute Gasteiger partial charge is 0.418 e. The van der Waals surface area contributed by atoms with Crippen LogP contribution in [-0.4, -0.2) is 16.8 Å². The number of anilines is 2. The quantitative estimate of drug-likeness (QED) is 0.424. The first-order valence-electron chi connectivity index (χ1n) is 8.34. The van der Waals surface area contributed by atoms with Crippen LogP contribution in [0.15, 0.2) is 60.8 Å². The Balaban J connectivity index is 1.86. The molecule has 3 rings (SSSR count). The number of amides is 2. The molecule has 0 saturated heterocycles. The minimum atomic E-state index is -4.81. The number of hydrogen-bond donors (Lipinski definition) is 2. The zero-order valence-electron chi connectivity index (χ0n) is 14.9. The molecule has 0 aliphatic heterocycles. The maximum Gasteiger partial charge on any atom is 0.418 e. The normalized spacial score (nSPS) is 11.1. The van der Waals surface area contributed by atoms with Gasteiger partial charge in [-0.1, -0.05) is 11.6 Å². The molecule has 154 valence electrons. The number of halogens is 5. The van der Waals surface area contributed by atoms with E-state index in [0.29, 0.717) is 6.07 Å². The van der Waals surface area contributed by atoms with E-state index in [4.69, 9.17) is 11.6 Å². The second-order valence-corrected chi connectivity index (χ2v) is 6.43. The number of alkyl halides is 3. The van der Waals surface area contributed by atoms with E-state index in [-0.39, 0.29) is 22.0 Å². The van der Waals surface area contributed by atoms with Crippen LogP contribution in [-0.2, 0) is 6.18 Å². The van der Waals surface area contributed by atoms with Crippen molar-refractivity contribution in [3.63, 3.8) is 0 Å². The summed E-state index contributed by atoms with van der Waals surface area (Å²) in [6.07, 6.45) is -3.56. The van der Waals surface area contributed by atoms with Crippen molar-refractivity contribution in [1.29, 1.82) is 0 Å². The molecular weight excluding hydrogens is 426 g/mol. The predicted octanol–water partition coefficient (Wildman–Crippen LogP) is 5.40. The van der Waals surface area contributed by atoms with E-state index < -0.39 is 35.1 Å². The van der Waals surface area contributed by atoms with Gasteiger partial charge in [-0.25, -0.2) is 9.37 Å². The molecule has 2 aromatic carbocycles. The first kappa shape index (κ1) is 21.3. The second kappa shape index (κ2) is 8.50. The Labute approximate surface area is 172 Å². The van der Waals surface area contributed by atoms with Gasteiger partial charge >= 0.3 is 6.18 Å². The molecule has 3 aromatic rings. The van der Waals surface area contributed by atoms with Gasteiger partial charge in [-0.2, -0.15) is 13.2 Å². The van der Waals surface area contributed by atoms with Gasteiger partial charge in [0.15, 0.2) is 0 Å². The Morgan fingerprint density at radius 3 is 2.17 bits per heavy atom. The fourth-order valence-electron chi connectivity index (χ4n) is 2.51. The summed E-state index contributed by atoms with van der Waals surface area (Å²) in [4.78, 5) is 28.1. The Morgan fingerprint density at radius 1 is 0.867 bits per heavy atom. The van der Waals surface area contributed by atoms with Gasteiger partial charge in [0.2, 0.25) is 0 Å². The Bertz CT molecular complexity index is 1100. The van der Waals surface area contributed by atoms with E-state index in [0.717, 1.165) is 18.2 Å². The van der Waals surface area contributed by atoms with Crippen molar-refractivity contribution in [2.45, 2.75) is 6.18 Å². The molecule has 30 heavy (non-hydrogen) atoms. The number of rotatable bonds is 4. The van der Waals surface area contributed by atoms with Crippen LogP contribution in [0.3, 0.4) is 0 Å². The van der Waals surface area contributed by atoms with E-state index in [1.165, 1.54) is 36.5 Å². The highest BCUT2D eigenvalue weighted by Crippen LogP contribution is 2.37. The summed E-state index contributed by atoms with van der Waals surface area (Å²) in [5, 5.41) is 4.50. The second-order valence-electron chi connectivity index (χ2n) is 6.04. The van der Waals surface area contributed by atoms with E-state index in [2.05, 4.69) is 15.6 Å². The molecule has 0 fully saturated rings. The van der Waals surface area contributed by atoms with Crippen molar-refractivity contribution in [3.8, 4) is 0 Å². The average Bonchev–Trinajstić information content (AvgIpc) is 2.68. The van der Waals surface area contributed by atoms with Crippen molar-refractivity contribution in [2.75, 3.05) is 10.6 Å². The van der Waals surface area contributed by atoms with Gasteiger partial charge in [0.25, 0.3) is 11.8 Å². The topological polar surface area (TPSA) is 71.1 Å². The average molecular weight is 438 g/mol. The third-order valence-corrected chi connectivity index (χ3v) is 4.13. The van der Waals surface area contributed by atoms with Crippen molar-refractivity contribution in [3.05, 3.63) is 88.5 Å². The maximum atomic E-state index is 13.5. The zero-order valence-corrected chi connectivity index (χ0v) is 15.7. The molecule has 0 bridgehead atoms. The lowest BCUT2D eigenvalue weighted by atomic mass is 10.1. The molecular formula is C20H12ClF4N3O2. The summed E-state index contributed by atoms with van der Waals surface area (Å²) >= 11 is 5.69. The molecule has 0 radical (unpaired) electrons. The molecule has 0 unspecified atom stereocenters. The molecule has 5 nitrogen and oxygen atoms in total. The summed E-state index contributed by atoms with van der Waals surface area (Å²) in [7, 11) is 0. The summed E-state index contributed by atoms with van der Waals surface area (Å²) in [5.74, 6) is -2.08. The monoisotopic (exact) mass is 437 g/mol. The van der Waals surface area contributed by atoms with E-state index in [9.17, 15) is 27.2 Å². The van der Waals surface area contributed by atoms with Crippen LogP contribution >= 0.6 is 11.6 Å². The highest BCUT2D eigenvalue weighted by molar-refractivity contribution is 6.29. The molecule has 0 spiro atoms. The first-order chi connectivity index (χ1) is 14.1. The van der Waals surface area contributed by atoms with Crippen molar-refractivity contribution >= 4 is 34.8 Å². The fourth-order valence-corrected chi connectivity index (χ4v) is 2.68. The van der Waals surface area contributed by atoms with Gasteiger partial charge in [0, 0.05) is 23.0 Å². The molecule has 0 saturated carbocycles. The Kier molecular flexibility index (Phi) is 6.02. The maximum absolute atomic E-state index is 13.5. The molecule has 1 heterocycles. The minimum Gasteiger partial charge on any atom is -0.322 e. The predicted molar refractivity (Wildman–Crippen MR) is 103 cm³/mol. The standard InChI is InChI=1S/C20H12ClF4N3O2/c21-17-9-12(7-8-26-17)19(30)28-16-6-5-14(10-15(16)20(23,24)25)27-18(29)11-1-3-13(22)4-2-11/h1-10H,(H,27,29)(H,28,30). The van der Waals surface area contributed by atoms with Crippen LogP contribution in [0, 0.1) is 5.82 Å². The molecule has 10 heteroatoms. The first-order valence-corrected chi connectivity index (χ1v) is 8.72. The lowest BCUT2D eigenvalue weighted by Gasteiger charge is -2.16. The number of nitrogens with zero attached hydrogens (tertiary/aromatic N) is 1. The third-order valence-electron chi connectivity index (χ3n) is 3.93. The van der Waals surface area contributed by atoms with Gasteiger partial charge in [-0.05, 0) is 54.6 Å². The highest BCUT2D eigenvalue weighted by Gasteiger charge is 2.34. The molecule has 2 amide bonds. The molecule has 0 atom stereocenters.